The molecule has 8 nitrogen and oxygen atoms in total. The number of carbonyl (C=O) groups is 3. The molecule has 2 atom stereocenters. The zero-order valence-corrected chi connectivity index (χ0v) is 18.0. The summed E-state index contributed by atoms with van der Waals surface area (Å²) in [5.74, 6) is -1.52. The fraction of sp³-hybridized carbons (Fsp3) is 0.391. The Labute approximate surface area is 181 Å². The minimum absolute atomic E-state index is 0.125. The molecule has 1 saturated heterocycles. The van der Waals surface area contributed by atoms with E-state index in [0.29, 0.717) is 6.54 Å². The van der Waals surface area contributed by atoms with Gasteiger partial charge >= 0.3 is 11.8 Å². The monoisotopic (exact) mass is 424 g/mol. The van der Waals surface area contributed by atoms with Crippen LogP contribution in [-0.4, -0.2) is 39.3 Å². The van der Waals surface area contributed by atoms with Crippen molar-refractivity contribution in [2.24, 2.45) is 11.7 Å². The van der Waals surface area contributed by atoms with E-state index in [4.69, 9.17) is 5.73 Å². The molecule has 0 spiro atoms. The maximum Gasteiger partial charge on any atom is 0.313 e. The van der Waals surface area contributed by atoms with Gasteiger partial charge < -0.3 is 21.1 Å². The zero-order chi connectivity index (χ0) is 22.7. The smallest absolute Gasteiger partial charge is 0.313 e. The summed E-state index contributed by atoms with van der Waals surface area (Å²) < 4.78 is 0. The molecule has 1 aliphatic heterocycles. The Morgan fingerprint density at radius 3 is 2.61 bits per heavy atom. The molecule has 0 aliphatic carbocycles. The number of phenolic OH excluding ortho intramolecular Hbond substituents is 1. The topological polar surface area (TPSA) is 126 Å². The summed E-state index contributed by atoms with van der Waals surface area (Å²) >= 11 is 0. The number of primary amides is 1. The highest BCUT2D eigenvalue weighted by Crippen LogP contribution is 2.36. The van der Waals surface area contributed by atoms with Crippen molar-refractivity contribution in [3.05, 3.63) is 53.3 Å². The summed E-state index contributed by atoms with van der Waals surface area (Å²) in [6, 6.07) is 6.49. The van der Waals surface area contributed by atoms with Crippen LogP contribution in [0, 0.1) is 5.92 Å². The van der Waals surface area contributed by atoms with Gasteiger partial charge in [0.15, 0.2) is 0 Å². The van der Waals surface area contributed by atoms with Crippen LogP contribution in [0.4, 0.5) is 5.69 Å². The van der Waals surface area contributed by atoms with Crippen LogP contribution in [0.2, 0.25) is 0 Å². The largest absolute Gasteiger partial charge is 0.508 e. The summed E-state index contributed by atoms with van der Waals surface area (Å²) in [7, 11) is 0. The fourth-order valence-corrected chi connectivity index (χ4v) is 3.92. The average molecular weight is 425 g/mol. The highest BCUT2D eigenvalue weighted by atomic mass is 16.3. The first-order valence-corrected chi connectivity index (χ1v) is 10.4. The Kier molecular flexibility index (Phi) is 6.58. The van der Waals surface area contributed by atoms with Gasteiger partial charge in [-0.3, -0.25) is 19.4 Å². The van der Waals surface area contributed by atoms with Gasteiger partial charge in [-0.1, -0.05) is 26.8 Å². The molecule has 0 radical (unpaired) electrons. The van der Waals surface area contributed by atoms with Crippen molar-refractivity contribution >= 4 is 23.4 Å². The molecule has 164 valence electrons. The normalized spacial score (nSPS) is 18.6. The molecule has 0 unspecified atom stereocenters. The van der Waals surface area contributed by atoms with Gasteiger partial charge in [0, 0.05) is 12.7 Å². The number of aromatic hydroxyl groups is 1. The Morgan fingerprint density at radius 1 is 1.19 bits per heavy atom. The summed E-state index contributed by atoms with van der Waals surface area (Å²) in [6.07, 6.45) is 4.29. The summed E-state index contributed by atoms with van der Waals surface area (Å²) in [4.78, 5) is 42.6. The lowest BCUT2D eigenvalue weighted by Crippen LogP contribution is -2.46. The minimum Gasteiger partial charge on any atom is -0.508 e. The number of phenols is 1. The summed E-state index contributed by atoms with van der Waals surface area (Å²) in [6.45, 7) is 6.48. The van der Waals surface area contributed by atoms with Gasteiger partial charge in [-0.05, 0) is 54.0 Å². The van der Waals surface area contributed by atoms with E-state index in [1.54, 1.807) is 17.0 Å². The van der Waals surface area contributed by atoms with Crippen molar-refractivity contribution in [1.82, 2.24) is 9.88 Å². The van der Waals surface area contributed by atoms with Crippen LogP contribution < -0.4 is 11.1 Å². The average Bonchev–Trinajstić information content (AvgIpc) is 2.73. The van der Waals surface area contributed by atoms with Gasteiger partial charge in [0.05, 0.1) is 23.5 Å². The Balaban J connectivity index is 1.84. The van der Waals surface area contributed by atoms with E-state index >= 15 is 0 Å². The van der Waals surface area contributed by atoms with Crippen molar-refractivity contribution < 1.29 is 19.5 Å². The molecule has 3 rings (SSSR count). The number of likely N-dealkylation sites (tertiary alicyclic amines) is 1. The van der Waals surface area contributed by atoms with E-state index in [9.17, 15) is 19.5 Å². The number of piperidine rings is 1. The molecular weight excluding hydrogens is 396 g/mol. The summed E-state index contributed by atoms with van der Waals surface area (Å²) in [5, 5.41) is 12.7. The number of pyridine rings is 1. The van der Waals surface area contributed by atoms with Crippen molar-refractivity contribution in [1.29, 1.82) is 0 Å². The molecule has 2 aromatic rings. The Morgan fingerprint density at radius 2 is 1.94 bits per heavy atom. The highest BCUT2D eigenvalue weighted by molar-refractivity contribution is 6.39. The number of aromatic nitrogens is 1. The Bertz CT molecular complexity index is 1000. The van der Waals surface area contributed by atoms with Gasteiger partial charge in [0.2, 0.25) is 5.91 Å². The number of benzene rings is 1. The van der Waals surface area contributed by atoms with Crippen LogP contribution in [0.15, 0.2) is 36.7 Å². The molecule has 1 fully saturated rings. The first kappa shape index (κ1) is 22.3. The number of nitrogens with two attached hydrogens (primary N) is 1. The predicted octanol–water partition coefficient (Wildman–Crippen LogP) is 2.95. The van der Waals surface area contributed by atoms with E-state index < -0.39 is 17.7 Å². The van der Waals surface area contributed by atoms with E-state index in [0.717, 1.165) is 24.0 Å². The second kappa shape index (κ2) is 9.16. The highest BCUT2D eigenvalue weighted by Gasteiger charge is 2.34. The van der Waals surface area contributed by atoms with Gasteiger partial charge in [-0.15, -0.1) is 0 Å². The lowest BCUT2D eigenvalue weighted by Gasteiger charge is -2.38. The lowest BCUT2D eigenvalue weighted by molar-refractivity contribution is -0.146. The summed E-state index contributed by atoms with van der Waals surface area (Å²) in [5.41, 5.74) is 7.31. The van der Waals surface area contributed by atoms with Crippen molar-refractivity contribution in [2.45, 2.75) is 45.6 Å². The second-order valence-corrected chi connectivity index (χ2v) is 8.41. The molecule has 0 saturated carbocycles. The van der Waals surface area contributed by atoms with Crippen LogP contribution >= 0.6 is 0 Å². The molecule has 1 aromatic heterocycles. The van der Waals surface area contributed by atoms with Gasteiger partial charge in [0.25, 0.3) is 0 Å². The molecule has 4 N–H and O–H groups in total. The third-order valence-corrected chi connectivity index (χ3v) is 5.61. The number of anilines is 1. The molecule has 8 heteroatoms. The molecule has 2 heterocycles. The minimum atomic E-state index is -0.801. The first-order chi connectivity index (χ1) is 14.7. The third-order valence-electron chi connectivity index (χ3n) is 5.61. The Hall–Kier alpha value is -3.42. The third kappa shape index (κ3) is 5.02. The van der Waals surface area contributed by atoms with E-state index in [-0.39, 0.29) is 34.9 Å². The predicted molar refractivity (Wildman–Crippen MR) is 116 cm³/mol. The molecule has 3 amide bonds. The van der Waals surface area contributed by atoms with Crippen molar-refractivity contribution in [2.75, 3.05) is 11.9 Å². The number of amides is 3. The SMILES string of the molecule is CC(C)c1cc([C@@H]2CC[C@@H](C)CN2C(=O)C(=O)Nc2cncc(C(N)=O)c2)ccc1O. The lowest BCUT2D eigenvalue weighted by atomic mass is 9.88. The maximum atomic E-state index is 13.1. The zero-order valence-electron chi connectivity index (χ0n) is 18.0. The van der Waals surface area contributed by atoms with Crippen molar-refractivity contribution in [3.8, 4) is 5.75 Å². The van der Waals surface area contributed by atoms with Gasteiger partial charge in [0.1, 0.15) is 5.75 Å². The van der Waals surface area contributed by atoms with Crippen LogP contribution in [0.25, 0.3) is 0 Å². The van der Waals surface area contributed by atoms with Crippen molar-refractivity contribution in [3.63, 3.8) is 0 Å². The molecule has 0 bridgehead atoms. The van der Waals surface area contributed by atoms with Gasteiger partial charge in [-0.2, -0.15) is 0 Å². The number of nitrogens with one attached hydrogen (secondary N) is 1. The van der Waals surface area contributed by atoms with E-state index in [2.05, 4.69) is 10.3 Å². The van der Waals surface area contributed by atoms with E-state index in [1.165, 1.54) is 18.5 Å². The first-order valence-electron chi connectivity index (χ1n) is 10.4. The number of nitrogens with zero attached hydrogens (tertiary/aromatic N) is 2. The quantitative estimate of drug-likeness (QED) is 0.651. The fourth-order valence-electron chi connectivity index (χ4n) is 3.92. The molecule has 1 aliphatic rings. The van der Waals surface area contributed by atoms with Crippen LogP contribution in [-0.2, 0) is 9.59 Å². The molecule has 1 aromatic carbocycles. The van der Waals surface area contributed by atoms with Gasteiger partial charge in [-0.25, -0.2) is 0 Å². The number of carbonyl (C=O) groups excluding carboxylic acids is 3. The number of hydrogen-bond acceptors (Lipinski definition) is 5. The molecule has 31 heavy (non-hydrogen) atoms. The van der Waals surface area contributed by atoms with Crippen LogP contribution in [0.5, 0.6) is 5.75 Å². The molecular formula is C23H28N4O4. The number of rotatable bonds is 4. The van der Waals surface area contributed by atoms with Crippen LogP contribution in [0.3, 0.4) is 0 Å². The van der Waals surface area contributed by atoms with Crippen LogP contribution in [0.1, 0.15) is 67.1 Å². The standard InChI is InChI=1S/C23H28N4O4/c1-13(2)18-9-15(5-7-20(18)28)19-6-4-14(3)12-27(19)23(31)22(30)26-17-8-16(21(24)29)10-25-11-17/h5,7-11,13-14,19,28H,4,6,12H2,1-3H3,(H2,24,29)(H,26,30)/t14-,19+/m1/s1. The maximum absolute atomic E-state index is 13.1. The number of hydrogen-bond donors (Lipinski definition) is 3. The second-order valence-electron chi connectivity index (χ2n) is 8.41. The van der Waals surface area contributed by atoms with E-state index in [1.807, 2.05) is 26.8 Å².